The van der Waals surface area contributed by atoms with Gasteiger partial charge in [-0.05, 0) is 25.7 Å². The van der Waals surface area contributed by atoms with Crippen LogP contribution in [0.3, 0.4) is 0 Å². The van der Waals surface area contributed by atoms with Gasteiger partial charge in [-0.2, -0.15) is 0 Å². The number of unbranched alkanes of at least 4 members (excludes halogenated alkanes) is 2. The van der Waals surface area contributed by atoms with Gasteiger partial charge in [0.15, 0.2) is 11.4 Å². The summed E-state index contributed by atoms with van der Waals surface area (Å²) in [6.45, 7) is 5.98. The Morgan fingerprint density at radius 3 is 2.10 bits per heavy atom. The van der Waals surface area contributed by atoms with Crippen molar-refractivity contribution in [3.05, 3.63) is 35.9 Å². The number of carbonyl (C=O) groups is 1. The summed E-state index contributed by atoms with van der Waals surface area (Å²) in [7, 11) is 0. The monoisotopic (exact) mass is 292 g/mol. The zero-order valence-electron chi connectivity index (χ0n) is 13.5. The predicted octanol–water partition coefficient (Wildman–Crippen LogP) is 5.11. The van der Waals surface area contributed by atoms with Crippen LogP contribution >= 0.6 is 0 Å². The minimum absolute atomic E-state index is 0.0371. The molecule has 0 bridgehead atoms. The van der Waals surface area contributed by atoms with Crippen LogP contribution in [0.4, 0.5) is 0 Å². The van der Waals surface area contributed by atoms with Crippen molar-refractivity contribution < 1.29 is 14.9 Å². The van der Waals surface area contributed by atoms with Crippen LogP contribution < -0.4 is 0 Å². The van der Waals surface area contributed by atoms with Crippen LogP contribution in [-0.4, -0.2) is 16.6 Å². The molecule has 1 N–H and O–H groups in total. The maximum atomic E-state index is 12.8. The number of hydrogen-bond donors (Lipinski definition) is 1. The van der Waals surface area contributed by atoms with Crippen molar-refractivity contribution in [3.8, 4) is 0 Å². The van der Waals surface area contributed by atoms with E-state index in [9.17, 15) is 10.1 Å². The van der Waals surface area contributed by atoms with Gasteiger partial charge in [-0.1, -0.05) is 69.9 Å². The Morgan fingerprint density at radius 2 is 1.67 bits per heavy atom. The predicted molar refractivity (Wildman–Crippen MR) is 85.4 cm³/mol. The van der Waals surface area contributed by atoms with Gasteiger partial charge in [0.05, 0.1) is 0 Å². The molecular formula is C18H28O3. The molecule has 0 saturated heterocycles. The minimum Gasteiger partial charge on any atom is -0.291 e. The average molecular weight is 292 g/mol. The lowest BCUT2D eigenvalue weighted by Gasteiger charge is -2.33. The largest absolute Gasteiger partial charge is 0.291 e. The first-order chi connectivity index (χ1) is 10.1. The van der Waals surface area contributed by atoms with E-state index in [4.69, 9.17) is 4.89 Å². The Bertz CT molecular complexity index is 408. The van der Waals surface area contributed by atoms with Crippen LogP contribution in [0, 0.1) is 5.92 Å². The Hall–Kier alpha value is -1.19. The molecule has 1 atom stereocenters. The van der Waals surface area contributed by atoms with E-state index in [1.807, 2.05) is 18.2 Å². The Labute approximate surface area is 128 Å². The van der Waals surface area contributed by atoms with Crippen LogP contribution in [0.25, 0.3) is 0 Å². The van der Waals surface area contributed by atoms with Crippen LogP contribution in [0.15, 0.2) is 30.3 Å². The quantitative estimate of drug-likeness (QED) is 0.370. The number of Topliss-reactive ketones (excluding diaryl/α,β-unsaturated/α-hetero) is 1. The Balaban J connectivity index is 2.98. The highest BCUT2D eigenvalue weighted by molar-refractivity contribution is 6.02. The fourth-order valence-electron chi connectivity index (χ4n) is 2.77. The normalized spacial score (nSPS) is 14.1. The van der Waals surface area contributed by atoms with Crippen LogP contribution in [-0.2, 0) is 4.89 Å². The summed E-state index contributed by atoms with van der Waals surface area (Å²) >= 11 is 0. The molecule has 0 saturated carbocycles. The maximum absolute atomic E-state index is 12.8. The first-order valence-corrected chi connectivity index (χ1v) is 8.02. The molecule has 1 unspecified atom stereocenters. The number of ketones is 1. The molecule has 21 heavy (non-hydrogen) atoms. The molecule has 118 valence electrons. The van der Waals surface area contributed by atoms with E-state index < -0.39 is 5.60 Å². The molecule has 0 aliphatic rings. The summed E-state index contributed by atoms with van der Waals surface area (Å²) in [6.07, 6.45) is 6.01. The van der Waals surface area contributed by atoms with Gasteiger partial charge in [0.2, 0.25) is 0 Å². The SMILES string of the molecule is CCCCC(CCCC)C(C)(OO)C(=O)c1ccccc1. The Morgan fingerprint density at radius 1 is 1.14 bits per heavy atom. The molecule has 1 aromatic rings. The number of benzene rings is 1. The number of rotatable bonds is 10. The third-order valence-corrected chi connectivity index (χ3v) is 4.27. The fourth-order valence-corrected chi connectivity index (χ4v) is 2.77. The van der Waals surface area contributed by atoms with Crippen molar-refractivity contribution >= 4 is 5.78 Å². The highest BCUT2D eigenvalue weighted by Gasteiger charge is 2.42. The number of hydrogen-bond acceptors (Lipinski definition) is 3. The van der Waals surface area contributed by atoms with Crippen molar-refractivity contribution in [2.24, 2.45) is 5.92 Å². The molecule has 3 nitrogen and oxygen atoms in total. The minimum atomic E-state index is -1.16. The lowest BCUT2D eigenvalue weighted by molar-refractivity contribution is -0.313. The van der Waals surface area contributed by atoms with E-state index in [1.54, 1.807) is 19.1 Å². The standard InChI is InChI=1S/C18H28O3/c1-4-6-13-16(14-7-5-2)18(3,21-20)17(19)15-11-9-8-10-12-15/h8-12,16,20H,4-7,13-14H2,1-3H3. The van der Waals surface area contributed by atoms with E-state index in [2.05, 4.69) is 13.8 Å². The summed E-state index contributed by atoms with van der Waals surface area (Å²) in [5, 5.41) is 9.47. The van der Waals surface area contributed by atoms with Gasteiger partial charge in [-0.3, -0.25) is 10.1 Å². The summed E-state index contributed by atoms with van der Waals surface area (Å²) < 4.78 is 0. The molecule has 1 aromatic carbocycles. The number of carbonyl (C=O) groups excluding carboxylic acids is 1. The maximum Gasteiger partial charge on any atom is 0.197 e. The van der Waals surface area contributed by atoms with E-state index >= 15 is 0 Å². The lowest BCUT2D eigenvalue weighted by atomic mass is 9.77. The summed E-state index contributed by atoms with van der Waals surface area (Å²) in [6, 6.07) is 9.09. The molecule has 0 spiro atoms. The van der Waals surface area contributed by atoms with Gasteiger partial charge in [-0.25, -0.2) is 4.89 Å². The second-order valence-corrected chi connectivity index (χ2v) is 5.87. The molecule has 3 heteroatoms. The van der Waals surface area contributed by atoms with Crippen molar-refractivity contribution in [2.45, 2.75) is 64.9 Å². The van der Waals surface area contributed by atoms with E-state index in [0.29, 0.717) is 5.56 Å². The molecular weight excluding hydrogens is 264 g/mol. The van der Waals surface area contributed by atoms with E-state index in [1.165, 1.54) is 0 Å². The van der Waals surface area contributed by atoms with Gasteiger partial charge < -0.3 is 0 Å². The third kappa shape index (κ3) is 4.65. The molecule has 0 aromatic heterocycles. The van der Waals surface area contributed by atoms with Gasteiger partial charge in [0.25, 0.3) is 0 Å². The van der Waals surface area contributed by atoms with E-state index in [-0.39, 0.29) is 11.7 Å². The van der Waals surface area contributed by atoms with Gasteiger partial charge in [0, 0.05) is 5.56 Å². The van der Waals surface area contributed by atoms with Crippen molar-refractivity contribution in [1.82, 2.24) is 0 Å². The van der Waals surface area contributed by atoms with Crippen LogP contribution in [0.1, 0.15) is 69.7 Å². The highest BCUT2D eigenvalue weighted by Crippen LogP contribution is 2.33. The van der Waals surface area contributed by atoms with Crippen molar-refractivity contribution in [2.75, 3.05) is 0 Å². The van der Waals surface area contributed by atoms with Crippen LogP contribution in [0.5, 0.6) is 0 Å². The zero-order chi connectivity index (χ0) is 15.7. The average Bonchev–Trinajstić information content (AvgIpc) is 2.54. The first kappa shape index (κ1) is 17.9. The molecule has 0 aliphatic carbocycles. The van der Waals surface area contributed by atoms with Gasteiger partial charge in [0.1, 0.15) is 0 Å². The van der Waals surface area contributed by atoms with Crippen molar-refractivity contribution in [3.63, 3.8) is 0 Å². The molecule has 0 radical (unpaired) electrons. The van der Waals surface area contributed by atoms with E-state index in [0.717, 1.165) is 38.5 Å². The molecule has 0 aliphatic heterocycles. The summed E-state index contributed by atoms with van der Waals surface area (Å²) in [5.74, 6) is -0.0992. The second-order valence-electron chi connectivity index (χ2n) is 5.87. The summed E-state index contributed by atoms with van der Waals surface area (Å²) in [4.78, 5) is 17.5. The smallest absolute Gasteiger partial charge is 0.197 e. The zero-order valence-corrected chi connectivity index (χ0v) is 13.5. The lowest BCUT2D eigenvalue weighted by Crippen LogP contribution is -2.45. The highest BCUT2D eigenvalue weighted by atomic mass is 17.1. The molecule has 0 amide bonds. The second kappa shape index (κ2) is 8.96. The first-order valence-electron chi connectivity index (χ1n) is 8.02. The molecule has 1 rings (SSSR count). The molecule has 0 heterocycles. The van der Waals surface area contributed by atoms with Gasteiger partial charge >= 0.3 is 0 Å². The summed E-state index contributed by atoms with van der Waals surface area (Å²) in [5.41, 5.74) is -0.571. The van der Waals surface area contributed by atoms with Gasteiger partial charge in [-0.15, -0.1) is 0 Å². The Kier molecular flexibility index (Phi) is 7.62. The topological polar surface area (TPSA) is 46.5 Å². The third-order valence-electron chi connectivity index (χ3n) is 4.27. The van der Waals surface area contributed by atoms with Crippen LogP contribution in [0.2, 0.25) is 0 Å². The van der Waals surface area contributed by atoms with Crippen molar-refractivity contribution in [1.29, 1.82) is 0 Å². The molecule has 0 fully saturated rings. The fraction of sp³-hybridized carbons (Fsp3) is 0.611.